The topological polar surface area (TPSA) is 79.3 Å². The molecule has 2 aromatic carbocycles. The van der Waals surface area contributed by atoms with Crippen molar-refractivity contribution in [2.45, 2.75) is 19.9 Å². The van der Waals surface area contributed by atoms with Gasteiger partial charge in [0.2, 0.25) is 0 Å². The van der Waals surface area contributed by atoms with Crippen LogP contribution in [0.15, 0.2) is 48.0 Å². The van der Waals surface area contributed by atoms with Crippen molar-refractivity contribution in [2.24, 2.45) is 0 Å². The summed E-state index contributed by atoms with van der Waals surface area (Å²) in [6.45, 7) is 6.66. The van der Waals surface area contributed by atoms with Crippen LogP contribution >= 0.6 is 11.6 Å². The minimum absolute atomic E-state index is 0.00780. The summed E-state index contributed by atoms with van der Waals surface area (Å²) in [5, 5.41) is 11.6. The van der Waals surface area contributed by atoms with E-state index in [1.165, 1.54) is 19.1 Å². The minimum Gasteiger partial charge on any atom is -0.507 e. The molecule has 2 aromatic rings. The van der Waals surface area contributed by atoms with Crippen LogP contribution in [0.3, 0.4) is 0 Å². The molecular weight excluding hydrogens is 444 g/mol. The van der Waals surface area contributed by atoms with Crippen molar-refractivity contribution in [3.63, 3.8) is 0 Å². The minimum atomic E-state index is -0.793. The van der Waals surface area contributed by atoms with E-state index < -0.39 is 17.7 Å². The number of likely N-dealkylation sites (N-methyl/N-ethyl adjacent to an activating group) is 1. The zero-order valence-electron chi connectivity index (χ0n) is 19.3. The van der Waals surface area contributed by atoms with Gasteiger partial charge < -0.3 is 24.4 Å². The number of amides is 1. The van der Waals surface area contributed by atoms with Crippen LogP contribution in [0.1, 0.15) is 31.0 Å². The lowest BCUT2D eigenvalue weighted by Gasteiger charge is -2.29. The maximum atomic E-state index is 13.2. The highest BCUT2D eigenvalue weighted by molar-refractivity contribution is 6.46. The molecule has 1 heterocycles. The van der Waals surface area contributed by atoms with Gasteiger partial charge in [-0.2, -0.15) is 0 Å². The van der Waals surface area contributed by atoms with Gasteiger partial charge in [-0.1, -0.05) is 43.6 Å². The number of aliphatic hydroxyl groups excluding tert-OH is 1. The highest BCUT2D eigenvalue weighted by Crippen LogP contribution is 2.43. The molecule has 8 heteroatoms. The number of hydrogen-bond donors (Lipinski definition) is 1. The van der Waals surface area contributed by atoms with Gasteiger partial charge in [0.1, 0.15) is 17.3 Å². The lowest BCUT2D eigenvalue weighted by Crippen LogP contribution is -2.38. The first-order valence-electron chi connectivity index (χ1n) is 10.8. The predicted octanol–water partition coefficient (Wildman–Crippen LogP) is 4.12. The van der Waals surface area contributed by atoms with Gasteiger partial charge in [0.25, 0.3) is 11.7 Å². The molecule has 0 spiro atoms. The summed E-state index contributed by atoms with van der Waals surface area (Å²) >= 11 is 6.13. The van der Waals surface area contributed by atoms with E-state index in [9.17, 15) is 14.7 Å². The van der Waals surface area contributed by atoms with E-state index in [4.69, 9.17) is 21.1 Å². The molecule has 1 N–H and O–H groups in total. The Balaban J connectivity index is 2.17. The summed E-state index contributed by atoms with van der Waals surface area (Å²) in [6, 6.07) is 11.1. The molecule has 0 aliphatic carbocycles. The second kappa shape index (κ2) is 10.7. The van der Waals surface area contributed by atoms with Crippen molar-refractivity contribution < 1.29 is 24.2 Å². The van der Waals surface area contributed by atoms with Crippen LogP contribution in [-0.4, -0.2) is 67.0 Å². The van der Waals surface area contributed by atoms with E-state index in [0.717, 1.165) is 13.1 Å². The highest BCUT2D eigenvalue weighted by atomic mass is 35.5. The Morgan fingerprint density at radius 1 is 1.06 bits per heavy atom. The third kappa shape index (κ3) is 4.84. The first kappa shape index (κ1) is 24.6. The Morgan fingerprint density at radius 3 is 2.36 bits per heavy atom. The number of para-hydroxylation sites is 1. The lowest BCUT2D eigenvalue weighted by atomic mass is 9.94. The van der Waals surface area contributed by atoms with Gasteiger partial charge in [0, 0.05) is 24.2 Å². The number of likely N-dealkylation sites (tertiary alicyclic amines) is 1. The third-order valence-corrected chi connectivity index (χ3v) is 6.26. The maximum absolute atomic E-state index is 13.2. The number of methoxy groups -OCH3 is 2. The molecule has 1 saturated heterocycles. The summed E-state index contributed by atoms with van der Waals surface area (Å²) < 4.78 is 10.8. The molecule has 0 aromatic heterocycles. The Hall–Kier alpha value is -3.03. The number of Topliss-reactive ketones (excluding diaryl/α,β-unsaturated/α-hetero) is 1. The second-order valence-electron chi connectivity index (χ2n) is 7.61. The van der Waals surface area contributed by atoms with Crippen LogP contribution in [0.2, 0.25) is 5.02 Å². The zero-order valence-corrected chi connectivity index (χ0v) is 20.1. The number of benzene rings is 2. The van der Waals surface area contributed by atoms with Crippen LogP contribution in [0.25, 0.3) is 5.76 Å². The monoisotopic (exact) mass is 472 g/mol. The van der Waals surface area contributed by atoms with Crippen molar-refractivity contribution >= 4 is 29.1 Å². The molecule has 3 rings (SSSR count). The van der Waals surface area contributed by atoms with Gasteiger partial charge in [-0.25, -0.2) is 0 Å². The fourth-order valence-electron chi connectivity index (χ4n) is 4.08. The molecule has 0 saturated carbocycles. The van der Waals surface area contributed by atoms with Gasteiger partial charge in [-0.3, -0.25) is 9.59 Å². The summed E-state index contributed by atoms with van der Waals surface area (Å²) in [5.74, 6) is -0.802. The van der Waals surface area contributed by atoms with Crippen LogP contribution in [0.4, 0.5) is 0 Å². The average Bonchev–Trinajstić information content (AvgIpc) is 3.09. The number of rotatable bonds is 9. The summed E-state index contributed by atoms with van der Waals surface area (Å²) in [6.07, 6.45) is 0. The lowest BCUT2D eigenvalue weighted by molar-refractivity contribution is -0.140. The number of carbonyl (C=O) groups excluding carboxylic acids is 2. The van der Waals surface area contributed by atoms with Crippen molar-refractivity contribution in [3.8, 4) is 11.5 Å². The van der Waals surface area contributed by atoms with Crippen molar-refractivity contribution in [2.75, 3.05) is 40.4 Å². The van der Waals surface area contributed by atoms with Crippen LogP contribution in [-0.2, 0) is 9.59 Å². The molecule has 176 valence electrons. The quantitative estimate of drug-likeness (QED) is 0.336. The molecule has 1 unspecified atom stereocenters. The number of nitrogens with zero attached hydrogens (tertiary/aromatic N) is 2. The molecule has 1 fully saturated rings. The van der Waals surface area contributed by atoms with Crippen molar-refractivity contribution in [1.82, 2.24) is 9.80 Å². The summed E-state index contributed by atoms with van der Waals surface area (Å²) in [5.41, 5.74) is 0.965. The van der Waals surface area contributed by atoms with E-state index in [1.807, 2.05) is 26.0 Å². The number of aliphatic hydroxyl groups is 1. The zero-order chi connectivity index (χ0) is 24.1. The Morgan fingerprint density at radius 2 is 1.73 bits per heavy atom. The standard InChI is InChI=1S/C25H29ClN2O5/c1-5-27(6-2)13-14-28-22(17-9-7-8-10-19(17)32-3)21(24(30)25(28)31)23(29)16-11-12-18(26)20(15-16)33-4/h7-12,15,22,29H,5-6,13-14H2,1-4H3/b23-21+. The molecule has 0 bridgehead atoms. The van der Waals surface area contributed by atoms with Gasteiger partial charge >= 0.3 is 0 Å². The summed E-state index contributed by atoms with van der Waals surface area (Å²) in [4.78, 5) is 30.0. The van der Waals surface area contributed by atoms with E-state index >= 15 is 0 Å². The Labute approximate surface area is 199 Å². The molecule has 33 heavy (non-hydrogen) atoms. The fraction of sp³-hybridized carbons (Fsp3) is 0.360. The molecule has 1 amide bonds. The fourth-order valence-corrected chi connectivity index (χ4v) is 4.27. The Bertz CT molecular complexity index is 1060. The number of ether oxygens (including phenoxy) is 2. The molecule has 1 aliphatic rings. The molecule has 0 radical (unpaired) electrons. The van der Waals surface area contributed by atoms with E-state index in [0.29, 0.717) is 40.7 Å². The van der Waals surface area contributed by atoms with Crippen molar-refractivity contribution in [1.29, 1.82) is 0 Å². The van der Waals surface area contributed by atoms with Crippen molar-refractivity contribution in [3.05, 3.63) is 64.2 Å². The van der Waals surface area contributed by atoms with Gasteiger partial charge in [-0.05, 0) is 37.4 Å². The largest absolute Gasteiger partial charge is 0.507 e. The highest BCUT2D eigenvalue weighted by Gasteiger charge is 2.47. The average molecular weight is 473 g/mol. The predicted molar refractivity (Wildman–Crippen MR) is 128 cm³/mol. The SMILES string of the molecule is CCN(CC)CCN1C(=O)C(=O)/C(=C(/O)c2ccc(Cl)c(OC)c2)C1c1ccccc1OC. The normalized spacial score (nSPS) is 17.6. The molecule has 7 nitrogen and oxygen atoms in total. The summed E-state index contributed by atoms with van der Waals surface area (Å²) in [7, 11) is 3.00. The number of halogens is 1. The third-order valence-electron chi connectivity index (χ3n) is 5.95. The van der Waals surface area contributed by atoms with Crippen LogP contribution < -0.4 is 9.47 Å². The molecule has 1 atom stereocenters. The van der Waals surface area contributed by atoms with Gasteiger partial charge in [0.15, 0.2) is 0 Å². The number of carbonyl (C=O) groups is 2. The van der Waals surface area contributed by atoms with Gasteiger partial charge in [-0.15, -0.1) is 0 Å². The maximum Gasteiger partial charge on any atom is 0.295 e. The first-order chi connectivity index (χ1) is 15.9. The van der Waals surface area contributed by atoms with Crippen LogP contribution in [0.5, 0.6) is 11.5 Å². The Kier molecular flexibility index (Phi) is 8.00. The van der Waals surface area contributed by atoms with Crippen LogP contribution in [0, 0.1) is 0 Å². The number of ketones is 1. The second-order valence-corrected chi connectivity index (χ2v) is 8.02. The smallest absolute Gasteiger partial charge is 0.295 e. The first-order valence-corrected chi connectivity index (χ1v) is 11.2. The van der Waals surface area contributed by atoms with E-state index in [2.05, 4.69) is 4.90 Å². The van der Waals surface area contributed by atoms with E-state index in [-0.39, 0.29) is 11.3 Å². The number of hydrogen-bond acceptors (Lipinski definition) is 6. The van der Waals surface area contributed by atoms with Gasteiger partial charge in [0.05, 0.1) is 30.9 Å². The molecule has 1 aliphatic heterocycles. The van der Waals surface area contributed by atoms with E-state index in [1.54, 1.807) is 30.3 Å². The molecular formula is C25H29ClN2O5.